The summed E-state index contributed by atoms with van der Waals surface area (Å²) < 4.78 is 5.28. The first kappa shape index (κ1) is 23.2. The van der Waals surface area contributed by atoms with Gasteiger partial charge in [-0.25, -0.2) is 0 Å². The van der Waals surface area contributed by atoms with Gasteiger partial charge in [-0.3, -0.25) is 9.59 Å². The van der Waals surface area contributed by atoms with Crippen molar-refractivity contribution >= 4 is 11.9 Å². The molecule has 5 heteroatoms. The smallest absolute Gasteiger partial charge is 0.307 e. The van der Waals surface area contributed by atoms with Gasteiger partial charge in [0.15, 0.2) is 0 Å². The molecule has 0 spiro atoms. The third kappa shape index (κ3) is 13.0. The maximum Gasteiger partial charge on any atom is 0.307 e. The predicted molar refractivity (Wildman–Crippen MR) is 108 cm³/mol. The number of carbonyl (C=O) groups excluding carboxylic acids is 1. The fraction of sp³-hybridized carbons (Fsp3) is 0.636. The molecule has 0 aliphatic heterocycles. The van der Waals surface area contributed by atoms with Crippen LogP contribution in [-0.4, -0.2) is 29.7 Å². The standard InChI is InChI=1S/C22H35NO4/c1-2-3-4-5-6-7-8-12-15-27-22(26)17-20(16-21(24)25)23-18-19-13-10-9-11-14-19/h9-11,13-14,20,23H,2-8,12,15-18H2,1H3,(H,24,25)/t20-/m1/s1. The van der Waals surface area contributed by atoms with Crippen molar-refractivity contribution in [3.63, 3.8) is 0 Å². The lowest BCUT2D eigenvalue weighted by molar-refractivity contribution is -0.145. The monoisotopic (exact) mass is 377 g/mol. The van der Waals surface area contributed by atoms with E-state index in [9.17, 15) is 9.59 Å². The highest BCUT2D eigenvalue weighted by Crippen LogP contribution is 2.09. The van der Waals surface area contributed by atoms with Crippen molar-refractivity contribution in [1.29, 1.82) is 0 Å². The Morgan fingerprint density at radius 3 is 2.22 bits per heavy atom. The van der Waals surface area contributed by atoms with Crippen LogP contribution in [0.3, 0.4) is 0 Å². The van der Waals surface area contributed by atoms with Crippen LogP contribution in [0.25, 0.3) is 0 Å². The number of carboxylic acids is 1. The number of carboxylic acid groups (broad SMARTS) is 1. The molecule has 0 unspecified atom stereocenters. The summed E-state index contributed by atoms with van der Waals surface area (Å²) in [6, 6.07) is 9.30. The van der Waals surface area contributed by atoms with Crippen molar-refractivity contribution in [1.82, 2.24) is 5.32 Å². The second-order valence-corrected chi connectivity index (χ2v) is 7.06. The van der Waals surface area contributed by atoms with E-state index in [1.807, 2.05) is 30.3 Å². The molecule has 152 valence electrons. The highest BCUT2D eigenvalue weighted by molar-refractivity contribution is 5.73. The number of rotatable bonds is 16. The van der Waals surface area contributed by atoms with Gasteiger partial charge >= 0.3 is 11.9 Å². The molecule has 0 aromatic heterocycles. The maximum atomic E-state index is 12.0. The first-order chi connectivity index (χ1) is 13.1. The van der Waals surface area contributed by atoms with E-state index in [-0.39, 0.29) is 18.8 Å². The van der Waals surface area contributed by atoms with E-state index in [0.717, 1.165) is 18.4 Å². The molecular formula is C22H35NO4. The zero-order valence-electron chi connectivity index (χ0n) is 16.6. The maximum absolute atomic E-state index is 12.0. The SMILES string of the molecule is CCCCCCCCCCOC(=O)C[C@@H](CC(=O)O)NCc1ccccc1. The lowest BCUT2D eigenvalue weighted by atomic mass is 10.1. The number of aliphatic carboxylic acids is 1. The highest BCUT2D eigenvalue weighted by atomic mass is 16.5. The first-order valence-electron chi connectivity index (χ1n) is 10.3. The Balaban J connectivity index is 2.18. The lowest BCUT2D eigenvalue weighted by Gasteiger charge is -2.16. The van der Waals surface area contributed by atoms with Crippen LogP contribution in [0.1, 0.15) is 76.7 Å². The zero-order valence-corrected chi connectivity index (χ0v) is 16.6. The van der Waals surface area contributed by atoms with Crippen LogP contribution in [-0.2, 0) is 20.9 Å². The van der Waals surface area contributed by atoms with Crippen LogP contribution in [0.2, 0.25) is 0 Å². The molecule has 0 radical (unpaired) electrons. The van der Waals surface area contributed by atoms with Gasteiger partial charge < -0.3 is 15.2 Å². The van der Waals surface area contributed by atoms with Crippen molar-refractivity contribution < 1.29 is 19.4 Å². The first-order valence-corrected chi connectivity index (χ1v) is 10.3. The fourth-order valence-corrected chi connectivity index (χ4v) is 2.97. The number of hydrogen-bond acceptors (Lipinski definition) is 4. The summed E-state index contributed by atoms with van der Waals surface area (Å²) in [5.41, 5.74) is 1.06. The van der Waals surface area contributed by atoms with E-state index in [1.165, 1.54) is 38.5 Å². The number of benzene rings is 1. The lowest BCUT2D eigenvalue weighted by Crippen LogP contribution is -2.33. The normalized spacial score (nSPS) is 11.9. The van der Waals surface area contributed by atoms with Crippen LogP contribution < -0.4 is 5.32 Å². The Morgan fingerprint density at radius 1 is 0.963 bits per heavy atom. The average molecular weight is 378 g/mol. The van der Waals surface area contributed by atoms with Gasteiger partial charge in [0.05, 0.1) is 19.4 Å². The minimum atomic E-state index is -0.920. The second kappa shape index (κ2) is 15.2. The molecule has 0 amide bonds. The molecule has 2 N–H and O–H groups in total. The molecule has 1 aromatic carbocycles. The molecule has 0 saturated carbocycles. The van der Waals surface area contributed by atoms with Crippen LogP contribution in [0.5, 0.6) is 0 Å². The molecule has 5 nitrogen and oxygen atoms in total. The fourth-order valence-electron chi connectivity index (χ4n) is 2.97. The molecule has 0 heterocycles. The molecule has 0 aliphatic carbocycles. The van der Waals surface area contributed by atoms with Crippen molar-refractivity contribution in [3.05, 3.63) is 35.9 Å². The zero-order chi connectivity index (χ0) is 19.7. The Bertz CT molecular complexity index is 518. The Labute approximate surface area is 163 Å². The van der Waals surface area contributed by atoms with Gasteiger partial charge in [-0.1, -0.05) is 82.2 Å². The summed E-state index contributed by atoms with van der Waals surface area (Å²) >= 11 is 0. The summed E-state index contributed by atoms with van der Waals surface area (Å²) in [7, 11) is 0. The molecular weight excluding hydrogens is 342 g/mol. The number of unbranched alkanes of at least 4 members (excludes halogenated alkanes) is 7. The summed E-state index contributed by atoms with van der Waals surface area (Å²) in [5, 5.41) is 12.2. The van der Waals surface area contributed by atoms with E-state index in [2.05, 4.69) is 12.2 Å². The van der Waals surface area contributed by atoms with Crippen LogP contribution in [0.15, 0.2) is 30.3 Å². The molecule has 1 rings (SSSR count). The number of ether oxygens (including phenoxy) is 1. The number of esters is 1. The van der Waals surface area contributed by atoms with Crippen LogP contribution in [0.4, 0.5) is 0 Å². The van der Waals surface area contributed by atoms with Crippen LogP contribution >= 0.6 is 0 Å². The van der Waals surface area contributed by atoms with Gasteiger partial charge in [0.1, 0.15) is 0 Å². The van der Waals surface area contributed by atoms with E-state index in [1.54, 1.807) is 0 Å². The molecule has 1 atom stereocenters. The van der Waals surface area contributed by atoms with Crippen molar-refractivity contribution in [3.8, 4) is 0 Å². The van der Waals surface area contributed by atoms with Crippen LogP contribution in [0, 0.1) is 0 Å². The Morgan fingerprint density at radius 2 is 1.59 bits per heavy atom. The van der Waals surface area contributed by atoms with Gasteiger partial charge in [0, 0.05) is 12.6 Å². The third-order valence-electron chi connectivity index (χ3n) is 4.53. The molecule has 0 fully saturated rings. The highest BCUT2D eigenvalue weighted by Gasteiger charge is 2.17. The van der Waals surface area contributed by atoms with Crippen molar-refractivity contribution in [2.45, 2.75) is 83.7 Å². The number of nitrogens with one attached hydrogen (secondary N) is 1. The molecule has 27 heavy (non-hydrogen) atoms. The van der Waals surface area contributed by atoms with Crippen molar-refractivity contribution in [2.24, 2.45) is 0 Å². The van der Waals surface area contributed by atoms with E-state index < -0.39 is 12.0 Å². The van der Waals surface area contributed by atoms with Gasteiger partial charge in [0.2, 0.25) is 0 Å². The quantitative estimate of drug-likeness (QED) is 0.323. The average Bonchev–Trinajstić information content (AvgIpc) is 2.65. The Hall–Kier alpha value is -1.88. The summed E-state index contributed by atoms with van der Waals surface area (Å²) in [6.45, 7) is 3.17. The minimum absolute atomic E-state index is 0.0795. The van der Waals surface area contributed by atoms with E-state index in [4.69, 9.17) is 9.84 Å². The van der Waals surface area contributed by atoms with Gasteiger partial charge in [0.25, 0.3) is 0 Å². The van der Waals surface area contributed by atoms with Gasteiger partial charge in [-0.15, -0.1) is 0 Å². The second-order valence-electron chi connectivity index (χ2n) is 7.06. The topological polar surface area (TPSA) is 75.6 Å². The summed E-state index contributed by atoms with van der Waals surface area (Å²) in [5.74, 6) is -1.25. The third-order valence-corrected chi connectivity index (χ3v) is 4.53. The minimum Gasteiger partial charge on any atom is -0.481 e. The van der Waals surface area contributed by atoms with Gasteiger partial charge in [-0.2, -0.15) is 0 Å². The number of carbonyl (C=O) groups is 2. The van der Waals surface area contributed by atoms with E-state index >= 15 is 0 Å². The molecule has 0 aliphatic rings. The van der Waals surface area contributed by atoms with E-state index in [0.29, 0.717) is 13.2 Å². The Kier molecular flexibility index (Phi) is 13.0. The van der Waals surface area contributed by atoms with Crippen molar-refractivity contribution in [2.75, 3.05) is 6.61 Å². The predicted octanol–water partition coefficient (Wildman–Crippen LogP) is 4.69. The molecule has 1 aromatic rings. The molecule has 0 bridgehead atoms. The summed E-state index contributed by atoms with van der Waals surface area (Å²) in [4.78, 5) is 23.0. The molecule has 0 saturated heterocycles. The summed E-state index contributed by atoms with van der Waals surface area (Å²) in [6.07, 6.45) is 9.54. The number of hydrogen-bond donors (Lipinski definition) is 2. The largest absolute Gasteiger partial charge is 0.481 e. The van der Waals surface area contributed by atoms with Gasteiger partial charge in [-0.05, 0) is 12.0 Å².